The normalized spacial score (nSPS) is 12.8. The maximum atomic E-state index is 2.43. The van der Waals surface area contributed by atoms with Gasteiger partial charge in [-0.1, -0.05) is 84.0 Å². The van der Waals surface area contributed by atoms with Gasteiger partial charge in [0.25, 0.3) is 0 Å². The van der Waals surface area contributed by atoms with Gasteiger partial charge in [-0.25, -0.2) is 0 Å². The molecule has 27 heavy (non-hydrogen) atoms. The summed E-state index contributed by atoms with van der Waals surface area (Å²) in [7, 11) is 0. The number of hydrogen-bond acceptors (Lipinski definition) is 0. The van der Waals surface area contributed by atoms with Crippen LogP contribution in [0.25, 0.3) is 27.5 Å². The average molecular weight is 356 g/mol. The van der Waals surface area contributed by atoms with Gasteiger partial charge < -0.3 is 4.57 Å². The maximum absolute atomic E-state index is 2.43. The third-order valence-electron chi connectivity index (χ3n) is 5.45. The standard InChI is InChI=1S/C26H29N/c1-25(2,3)19-14-10-16-21-23(19)24-20(26(4,5)6)15-11-17-22(24)27(21)18-12-8-7-9-13-18/h7-17H,1-6H3. The van der Waals surface area contributed by atoms with Crippen molar-refractivity contribution in [3.05, 3.63) is 77.9 Å². The van der Waals surface area contributed by atoms with Gasteiger partial charge in [-0.05, 0) is 46.2 Å². The van der Waals surface area contributed by atoms with E-state index in [-0.39, 0.29) is 10.8 Å². The van der Waals surface area contributed by atoms with Gasteiger partial charge in [0.1, 0.15) is 0 Å². The van der Waals surface area contributed by atoms with Crippen molar-refractivity contribution in [2.24, 2.45) is 0 Å². The van der Waals surface area contributed by atoms with E-state index in [1.165, 1.54) is 38.6 Å². The molecule has 1 heterocycles. The van der Waals surface area contributed by atoms with Crippen molar-refractivity contribution in [1.82, 2.24) is 4.57 Å². The molecule has 138 valence electrons. The van der Waals surface area contributed by atoms with Crippen LogP contribution in [0.5, 0.6) is 0 Å². The van der Waals surface area contributed by atoms with Crippen molar-refractivity contribution < 1.29 is 0 Å². The molecule has 0 fully saturated rings. The Morgan fingerprint density at radius 2 is 0.963 bits per heavy atom. The molecular formula is C26H29N. The summed E-state index contributed by atoms with van der Waals surface area (Å²) in [5, 5.41) is 2.80. The predicted octanol–water partition coefficient (Wildman–Crippen LogP) is 7.38. The molecule has 0 N–H and O–H groups in total. The molecular weight excluding hydrogens is 326 g/mol. The summed E-state index contributed by atoms with van der Waals surface area (Å²) in [6.07, 6.45) is 0. The first kappa shape index (κ1) is 17.9. The summed E-state index contributed by atoms with van der Waals surface area (Å²) >= 11 is 0. The van der Waals surface area contributed by atoms with Crippen LogP contribution in [0.2, 0.25) is 0 Å². The first-order valence-corrected chi connectivity index (χ1v) is 9.82. The molecule has 0 aliphatic carbocycles. The Bertz CT molecular complexity index is 1050. The Hall–Kier alpha value is -2.54. The summed E-state index contributed by atoms with van der Waals surface area (Å²) in [6, 6.07) is 24.3. The van der Waals surface area contributed by atoms with Crippen molar-refractivity contribution >= 4 is 21.8 Å². The summed E-state index contributed by atoms with van der Waals surface area (Å²) < 4.78 is 2.43. The zero-order chi connectivity index (χ0) is 19.4. The highest BCUT2D eigenvalue weighted by molar-refractivity contribution is 6.13. The Morgan fingerprint density at radius 3 is 1.37 bits per heavy atom. The third-order valence-corrected chi connectivity index (χ3v) is 5.45. The molecule has 0 aliphatic rings. The van der Waals surface area contributed by atoms with E-state index < -0.39 is 0 Å². The quantitative estimate of drug-likeness (QED) is 0.336. The van der Waals surface area contributed by atoms with Gasteiger partial charge in [-0.15, -0.1) is 0 Å². The van der Waals surface area contributed by atoms with Crippen molar-refractivity contribution in [3.8, 4) is 5.69 Å². The topological polar surface area (TPSA) is 4.93 Å². The number of hydrogen-bond donors (Lipinski definition) is 0. The van der Waals surface area contributed by atoms with Gasteiger partial charge in [-0.2, -0.15) is 0 Å². The third kappa shape index (κ3) is 2.86. The average Bonchev–Trinajstić information content (AvgIpc) is 2.95. The Kier molecular flexibility index (Phi) is 3.96. The SMILES string of the molecule is CC(C)(C)c1cccc2c1c1c(C(C)(C)C)cccc1n2-c1ccccc1. The Labute approximate surface area is 162 Å². The Morgan fingerprint density at radius 1 is 0.519 bits per heavy atom. The zero-order valence-corrected chi connectivity index (χ0v) is 17.3. The molecule has 1 aromatic heterocycles. The second-order valence-corrected chi connectivity index (χ2v) is 9.57. The summed E-state index contributed by atoms with van der Waals surface area (Å²) in [5.41, 5.74) is 6.80. The first-order chi connectivity index (χ1) is 12.7. The molecule has 0 saturated heterocycles. The minimum Gasteiger partial charge on any atom is -0.309 e. The van der Waals surface area contributed by atoms with E-state index in [9.17, 15) is 0 Å². The fourth-order valence-corrected chi connectivity index (χ4v) is 4.21. The highest BCUT2D eigenvalue weighted by Gasteiger charge is 2.26. The zero-order valence-electron chi connectivity index (χ0n) is 17.3. The minimum absolute atomic E-state index is 0.0836. The highest BCUT2D eigenvalue weighted by atomic mass is 15.0. The van der Waals surface area contributed by atoms with Crippen molar-refractivity contribution in [2.75, 3.05) is 0 Å². The largest absolute Gasteiger partial charge is 0.309 e. The van der Waals surface area contributed by atoms with Crippen LogP contribution in [0.1, 0.15) is 52.7 Å². The summed E-state index contributed by atoms with van der Waals surface area (Å²) in [5.74, 6) is 0. The molecule has 0 unspecified atom stereocenters. The van der Waals surface area contributed by atoms with E-state index in [1.807, 2.05) is 0 Å². The number of fused-ring (bicyclic) bond motifs is 3. The molecule has 0 spiro atoms. The second kappa shape index (κ2) is 5.99. The van der Waals surface area contributed by atoms with Crippen molar-refractivity contribution in [1.29, 1.82) is 0 Å². The van der Waals surface area contributed by atoms with Crippen LogP contribution in [-0.4, -0.2) is 4.57 Å². The van der Waals surface area contributed by atoms with Gasteiger partial charge in [0.05, 0.1) is 11.0 Å². The number of rotatable bonds is 1. The van der Waals surface area contributed by atoms with E-state index in [4.69, 9.17) is 0 Å². The lowest BCUT2D eigenvalue weighted by atomic mass is 9.80. The molecule has 0 aliphatic heterocycles. The Balaban J connectivity index is 2.29. The predicted molar refractivity (Wildman–Crippen MR) is 118 cm³/mol. The molecule has 0 atom stereocenters. The molecule has 0 amide bonds. The monoisotopic (exact) mass is 355 g/mol. The van der Waals surface area contributed by atoms with Crippen LogP contribution in [0.3, 0.4) is 0 Å². The van der Waals surface area contributed by atoms with Crippen LogP contribution in [0.4, 0.5) is 0 Å². The lowest BCUT2D eigenvalue weighted by molar-refractivity contribution is 0.592. The molecule has 0 bridgehead atoms. The van der Waals surface area contributed by atoms with Crippen LogP contribution in [0.15, 0.2) is 66.7 Å². The molecule has 1 heteroatoms. The van der Waals surface area contributed by atoms with Crippen LogP contribution < -0.4 is 0 Å². The molecule has 0 radical (unpaired) electrons. The lowest BCUT2D eigenvalue weighted by Gasteiger charge is -2.23. The van der Waals surface area contributed by atoms with Crippen molar-refractivity contribution in [3.63, 3.8) is 0 Å². The molecule has 3 aromatic carbocycles. The second-order valence-electron chi connectivity index (χ2n) is 9.57. The van der Waals surface area contributed by atoms with Crippen LogP contribution in [-0.2, 0) is 10.8 Å². The van der Waals surface area contributed by atoms with Gasteiger partial charge in [-0.3, -0.25) is 0 Å². The van der Waals surface area contributed by atoms with Gasteiger partial charge in [0.15, 0.2) is 0 Å². The summed E-state index contributed by atoms with van der Waals surface area (Å²) in [4.78, 5) is 0. The van der Waals surface area contributed by atoms with E-state index in [0.29, 0.717) is 0 Å². The summed E-state index contributed by atoms with van der Waals surface area (Å²) in [6.45, 7) is 13.9. The minimum atomic E-state index is 0.0836. The van der Waals surface area contributed by atoms with Gasteiger partial charge in [0.2, 0.25) is 0 Å². The first-order valence-electron chi connectivity index (χ1n) is 9.82. The number of para-hydroxylation sites is 1. The number of aromatic nitrogens is 1. The fraction of sp³-hybridized carbons (Fsp3) is 0.308. The van der Waals surface area contributed by atoms with E-state index in [1.54, 1.807) is 0 Å². The molecule has 4 rings (SSSR count). The van der Waals surface area contributed by atoms with E-state index in [0.717, 1.165) is 0 Å². The number of benzene rings is 3. The van der Waals surface area contributed by atoms with Crippen LogP contribution >= 0.6 is 0 Å². The van der Waals surface area contributed by atoms with Crippen molar-refractivity contribution in [2.45, 2.75) is 52.4 Å². The van der Waals surface area contributed by atoms with E-state index >= 15 is 0 Å². The molecule has 4 aromatic rings. The maximum Gasteiger partial charge on any atom is 0.0544 e. The smallest absolute Gasteiger partial charge is 0.0544 e. The molecule has 0 saturated carbocycles. The fourth-order valence-electron chi connectivity index (χ4n) is 4.21. The van der Waals surface area contributed by atoms with Gasteiger partial charge in [0, 0.05) is 16.5 Å². The van der Waals surface area contributed by atoms with E-state index in [2.05, 4.69) is 113 Å². The lowest BCUT2D eigenvalue weighted by Crippen LogP contribution is -2.13. The molecule has 1 nitrogen and oxygen atoms in total. The van der Waals surface area contributed by atoms with Crippen LogP contribution in [0, 0.1) is 0 Å². The highest BCUT2D eigenvalue weighted by Crippen LogP contribution is 2.42. The number of nitrogens with zero attached hydrogens (tertiary/aromatic N) is 1. The van der Waals surface area contributed by atoms with Gasteiger partial charge >= 0.3 is 0 Å².